The van der Waals surface area contributed by atoms with E-state index < -0.39 is 0 Å². The average Bonchev–Trinajstić information content (AvgIpc) is 0.918. The Kier molecular flexibility index (Phi) is 54.2. The molecule has 1 N–H and O–H groups in total. The molecule has 0 unspecified atom stereocenters. The first-order valence-electron chi connectivity index (χ1n) is 0.383. The standard InChI is InChI=1S/Au.K.HNO2.H/c;;2-1-3;/h;;(H,2,3);/q;+1;;-1. The second-order valence-electron chi connectivity index (χ2n) is 0.0816. The van der Waals surface area contributed by atoms with E-state index in [9.17, 15) is 0 Å². The van der Waals surface area contributed by atoms with Crippen molar-refractivity contribution in [1.82, 2.24) is 0 Å². The van der Waals surface area contributed by atoms with E-state index in [1.165, 1.54) is 5.34 Å². The van der Waals surface area contributed by atoms with Gasteiger partial charge in [0.15, 0.2) is 5.34 Å². The van der Waals surface area contributed by atoms with Gasteiger partial charge in [0, 0.05) is 22.4 Å². The fraction of sp³-hybridized carbons (Fsp3) is 0. The zero-order chi connectivity index (χ0) is 2.71. The molecule has 0 rings (SSSR count). The molecule has 31 valence electrons. The van der Waals surface area contributed by atoms with E-state index in [4.69, 9.17) is 10.1 Å². The second-order valence-corrected chi connectivity index (χ2v) is 0.0816. The zero-order valence-corrected chi connectivity index (χ0v) is 7.89. The van der Waals surface area contributed by atoms with E-state index in [2.05, 4.69) is 0 Å². The maximum Gasteiger partial charge on any atom is 1.00 e. The maximum atomic E-state index is 8.11. The van der Waals surface area contributed by atoms with Crippen LogP contribution in [0.3, 0.4) is 0 Å². The first kappa shape index (κ1) is 15.9. The van der Waals surface area contributed by atoms with Crippen LogP contribution >= 0.6 is 0 Å². The summed E-state index contributed by atoms with van der Waals surface area (Å²) in [4.78, 5) is 8.11. The van der Waals surface area contributed by atoms with E-state index in [1.807, 2.05) is 0 Å². The Morgan fingerprint density at radius 1 is 1.80 bits per heavy atom. The van der Waals surface area contributed by atoms with Gasteiger partial charge >= 0.3 is 51.4 Å². The van der Waals surface area contributed by atoms with Crippen molar-refractivity contribution in [3.05, 3.63) is 4.91 Å². The molecule has 0 saturated carbocycles. The molecule has 0 aliphatic heterocycles. The minimum absolute atomic E-state index is 0. The Balaban J connectivity index is -0.00000000667. The summed E-state index contributed by atoms with van der Waals surface area (Å²) in [5.41, 5.74) is 0. The van der Waals surface area contributed by atoms with Crippen molar-refractivity contribution in [3.8, 4) is 0 Å². The monoisotopic (exact) mass is 284 g/mol. The summed E-state index contributed by atoms with van der Waals surface area (Å²) in [5, 5.41) is 7.89. The van der Waals surface area contributed by atoms with Crippen molar-refractivity contribution in [3.63, 3.8) is 0 Å². The van der Waals surface area contributed by atoms with E-state index in [0.717, 1.165) is 0 Å². The van der Waals surface area contributed by atoms with Crippen molar-refractivity contribution in [2.75, 3.05) is 0 Å². The Bertz CT molecular complexity index is 21.0. The second kappa shape index (κ2) is 17.1. The van der Waals surface area contributed by atoms with Crippen LogP contribution in [-0.2, 0) is 22.4 Å². The van der Waals surface area contributed by atoms with Gasteiger partial charge in [-0.2, -0.15) is 0 Å². The molecule has 0 spiro atoms. The SMILES string of the molecule is O=NO.[Au].[H-].[K+]. The fourth-order valence-electron chi connectivity index (χ4n) is 0. The molecule has 0 atom stereocenters. The largest absolute Gasteiger partial charge is 1.00 e. The molecule has 5 heteroatoms. The summed E-state index contributed by atoms with van der Waals surface area (Å²) in [6.45, 7) is 0. The van der Waals surface area contributed by atoms with Crippen LogP contribution in [0.4, 0.5) is 0 Å². The normalized spacial score (nSPS) is 2.40. The molecule has 0 aliphatic rings. The topological polar surface area (TPSA) is 49.7 Å². The summed E-state index contributed by atoms with van der Waals surface area (Å²) in [7, 11) is 0. The summed E-state index contributed by atoms with van der Waals surface area (Å²) in [5.74, 6) is 0. The van der Waals surface area contributed by atoms with Gasteiger partial charge in [0.25, 0.3) is 0 Å². The van der Waals surface area contributed by atoms with Crippen molar-refractivity contribution >= 4 is 0 Å². The summed E-state index contributed by atoms with van der Waals surface area (Å²) in [6, 6.07) is 0. The maximum absolute atomic E-state index is 8.11. The molecule has 0 bridgehead atoms. The molecule has 0 aromatic heterocycles. The van der Waals surface area contributed by atoms with Crippen molar-refractivity contribution in [2.24, 2.45) is 5.34 Å². The van der Waals surface area contributed by atoms with Gasteiger partial charge in [0.1, 0.15) is 0 Å². The van der Waals surface area contributed by atoms with E-state index in [0.29, 0.717) is 0 Å². The Morgan fingerprint density at radius 3 is 1.80 bits per heavy atom. The van der Waals surface area contributed by atoms with E-state index >= 15 is 0 Å². The van der Waals surface area contributed by atoms with Gasteiger partial charge in [-0.05, 0) is 0 Å². The number of hydrogen-bond donors (Lipinski definition) is 1. The molecule has 5 heavy (non-hydrogen) atoms. The zero-order valence-electron chi connectivity index (χ0n) is 3.60. The third-order valence-corrected chi connectivity index (χ3v) is 0. The number of hydrogen-bond acceptors (Lipinski definition) is 2. The van der Waals surface area contributed by atoms with Crippen LogP contribution in [-0.4, -0.2) is 5.21 Å². The summed E-state index contributed by atoms with van der Waals surface area (Å²) in [6.07, 6.45) is 0. The van der Waals surface area contributed by atoms with Crippen LogP contribution < -0.4 is 51.4 Å². The van der Waals surface area contributed by atoms with Gasteiger partial charge in [-0.25, -0.2) is 0 Å². The molecule has 0 amide bonds. The molecular formula is H2AuKNO2. The van der Waals surface area contributed by atoms with Crippen LogP contribution in [0.25, 0.3) is 0 Å². The summed E-state index contributed by atoms with van der Waals surface area (Å²) >= 11 is 0. The smallest absolute Gasteiger partial charge is 1.00 e. The van der Waals surface area contributed by atoms with Gasteiger partial charge in [0.05, 0.1) is 0 Å². The number of rotatable bonds is 0. The fourth-order valence-corrected chi connectivity index (χ4v) is 0. The van der Waals surface area contributed by atoms with Crippen LogP contribution in [0.15, 0.2) is 5.34 Å². The third kappa shape index (κ3) is 26.1. The molecule has 0 saturated heterocycles. The van der Waals surface area contributed by atoms with E-state index in [-0.39, 0.29) is 75.2 Å². The molecule has 0 heterocycles. The molecule has 0 aromatic carbocycles. The van der Waals surface area contributed by atoms with Crippen LogP contribution in [0.1, 0.15) is 1.43 Å². The van der Waals surface area contributed by atoms with Crippen LogP contribution in [0.5, 0.6) is 0 Å². The van der Waals surface area contributed by atoms with Crippen molar-refractivity contribution in [2.45, 2.75) is 0 Å². The van der Waals surface area contributed by atoms with Crippen LogP contribution in [0, 0.1) is 4.91 Å². The molecule has 0 aromatic rings. The van der Waals surface area contributed by atoms with Crippen molar-refractivity contribution < 1.29 is 80.4 Å². The molecule has 3 nitrogen and oxygen atoms in total. The van der Waals surface area contributed by atoms with Crippen LogP contribution in [0.2, 0.25) is 0 Å². The molecule has 0 aliphatic carbocycles. The first-order valence-corrected chi connectivity index (χ1v) is 0.383. The molecular weight excluding hydrogens is 282 g/mol. The van der Waals surface area contributed by atoms with Gasteiger partial charge in [-0.15, -0.1) is 4.91 Å². The Hall–Kier alpha value is 1.78. The van der Waals surface area contributed by atoms with Gasteiger partial charge in [-0.1, -0.05) is 0 Å². The molecule has 0 fully saturated rings. The van der Waals surface area contributed by atoms with E-state index in [1.54, 1.807) is 0 Å². The number of nitrogens with zero attached hydrogens (tertiary/aromatic N) is 1. The predicted octanol–water partition coefficient (Wildman–Crippen LogP) is -2.74. The molecule has 1 radical (unpaired) electrons. The predicted molar refractivity (Wildman–Crippen MR) is 8.69 cm³/mol. The summed E-state index contributed by atoms with van der Waals surface area (Å²) < 4.78 is 0. The quantitative estimate of drug-likeness (QED) is 0.298. The third-order valence-electron chi connectivity index (χ3n) is 0. The minimum Gasteiger partial charge on any atom is -1.00 e. The first-order chi connectivity index (χ1) is 1.41. The minimum atomic E-state index is 0. The van der Waals surface area contributed by atoms with Gasteiger partial charge in [-0.3, -0.25) is 0 Å². The average molecular weight is 284 g/mol. The van der Waals surface area contributed by atoms with Crippen molar-refractivity contribution in [1.29, 1.82) is 0 Å². The van der Waals surface area contributed by atoms with Gasteiger partial charge in [0.2, 0.25) is 0 Å². The Labute approximate surface area is 88.9 Å². The van der Waals surface area contributed by atoms with Gasteiger partial charge < -0.3 is 6.63 Å². The Morgan fingerprint density at radius 2 is 1.80 bits per heavy atom.